The van der Waals surface area contributed by atoms with Crippen molar-refractivity contribution in [1.82, 2.24) is 0 Å². The summed E-state index contributed by atoms with van der Waals surface area (Å²) in [5.41, 5.74) is 18.7. The van der Waals surface area contributed by atoms with Crippen molar-refractivity contribution in [2.75, 3.05) is 9.80 Å². The lowest BCUT2D eigenvalue weighted by Crippen LogP contribution is -2.56. The van der Waals surface area contributed by atoms with Crippen LogP contribution in [0.1, 0.15) is 132 Å². The van der Waals surface area contributed by atoms with Gasteiger partial charge in [0.1, 0.15) is 0 Å². The topological polar surface area (TPSA) is 6.48 Å². The van der Waals surface area contributed by atoms with E-state index in [1.54, 1.807) is 5.57 Å². The van der Waals surface area contributed by atoms with Crippen molar-refractivity contribution in [2.45, 2.75) is 132 Å². The lowest BCUT2D eigenvalue weighted by molar-refractivity contribution is 0.121. The first-order valence-electron chi connectivity index (χ1n) is 21.5. The number of thiophene rings is 1. The fourth-order valence-corrected chi connectivity index (χ4v) is 11.8. The zero-order valence-electron chi connectivity index (χ0n) is 37.2. The van der Waals surface area contributed by atoms with Crippen LogP contribution < -0.4 is 20.0 Å². The maximum absolute atomic E-state index is 2.74. The summed E-state index contributed by atoms with van der Waals surface area (Å²) in [4.78, 5) is 5.35. The van der Waals surface area contributed by atoms with Gasteiger partial charge in [-0.1, -0.05) is 132 Å². The summed E-state index contributed by atoms with van der Waals surface area (Å²) in [5, 5.41) is 1.37. The molecule has 1 saturated carbocycles. The highest BCUT2D eigenvalue weighted by molar-refractivity contribution is 7.33. The molecule has 1 unspecified atom stereocenters. The summed E-state index contributed by atoms with van der Waals surface area (Å²) in [5.74, 6) is 0.500. The van der Waals surface area contributed by atoms with Gasteiger partial charge in [0.25, 0.3) is 6.71 Å². The summed E-state index contributed by atoms with van der Waals surface area (Å²) in [6, 6.07) is 31.3. The molecule has 0 amide bonds. The van der Waals surface area contributed by atoms with E-state index in [1.807, 2.05) is 11.3 Å². The maximum atomic E-state index is 2.74. The Morgan fingerprint density at radius 1 is 0.649 bits per heavy atom. The number of fused-ring (bicyclic) bond motifs is 6. The Balaban J connectivity index is 1.38. The van der Waals surface area contributed by atoms with Gasteiger partial charge >= 0.3 is 0 Å². The Kier molecular flexibility index (Phi) is 8.44. The number of aryl methyl sites for hydroxylation is 1. The van der Waals surface area contributed by atoms with Gasteiger partial charge in [0.2, 0.25) is 0 Å². The number of hydrogen-bond donors (Lipinski definition) is 0. The molecule has 2 aliphatic heterocycles. The molecule has 0 N–H and O–H groups in total. The molecule has 4 heteroatoms. The van der Waals surface area contributed by atoms with Crippen molar-refractivity contribution in [3.05, 3.63) is 124 Å². The van der Waals surface area contributed by atoms with E-state index in [-0.39, 0.29) is 33.8 Å². The fraction of sp³-hybridized carbons (Fsp3) is 0.434. The van der Waals surface area contributed by atoms with Crippen LogP contribution in [0.15, 0.2) is 102 Å². The minimum Gasteiger partial charge on any atom is -0.315 e. The lowest BCUT2D eigenvalue weighted by atomic mass is 9.34. The number of benzene rings is 4. The molecule has 1 atom stereocenters. The van der Waals surface area contributed by atoms with E-state index in [0.717, 1.165) is 6.42 Å². The molecule has 4 aromatic carbocycles. The highest BCUT2D eigenvalue weighted by Gasteiger charge is 2.52. The van der Waals surface area contributed by atoms with Crippen LogP contribution in [0.5, 0.6) is 0 Å². The van der Waals surface area contributed by atoms with Crippen LogP contribution >= 0.6 is 11.3 Å². The van der Waals surface area contributed by atoms with Crippen molar-refractivity contribution >= 4 is 66.8 Å². The Hall–Kier alpha value is -4.02. The molecule has 2 nitrogen and oxygen atoms in total. The second-order valence-corrected chi connectivity index (χ2v) is 23.4. The van der Waals surface area contributed by atoms with Gasteiger partial charge in [-0.25, -0.2) is 0 Å². The molecule has 5 aromatic rings. The van der Waals surface area contributed by atoms with Crippen LogP contribution in [-0.4, -0.2) is 6.71 Å². The van der Waals surface area contributed by atoms with Crippen molar-refractivity contribution in [1.29, 1.82) is 0 Å². The molecule has 1 fully saturated rings. The standard InChI is InChI=1S/C53H63BN2S/c1-32-27-43-46-44(28-32)56(37-22-17-34(18-23-37)50(5,6)7)47-38-29-35(51(8,9)10)19-24-45(38)57-48(47)54(46)41-30-39-40(53(13,14)26-25-52(39,11)12)31-42(41)55(43)36-20-15-33(16-21-36)49(2,3)4/h15-24,27-30,40H,25-26,31H2,1-14H3. The molecular weight excluding hydrogens is 707 g/mol. The molecule has 4 aliphatic rings. The third-order valence-electron chi connectivity index (χ3n) is 14.2. The SMILES string of the molecule is Cc1cc2c3c(c1)N(c1ccc(C(C)(C)C)cc1)c1c(sc4ccc(C(C)(C)C)cc14)B3C1=C(CC3C(=C1)C(C)(C)CCC3(C)C)N2c1ccc(C(C)(C)C)cc1. The van der Waals surface area contributed by atoms with Gasteiger partial charge in [-0.05, 0) is 141 Å². The first-order valence-corrected chi connectivity index (χ1v) is 22.3. The molecule has 1 aromatic heterocycles. The van der Waals surface area contributed by atoms with Gasteiger partial charge in [0, 0.05) is 43.3 Å². The zero-order chi connectivity index (χ0) is 40.8. The molecule has 294 valence electrons. The van der Waals surface area contributed by atoms with Crippen LogP contribution in [0.4, 0.5) is 28.4 Å². The van der Waals surface area contributed by atoms with Crippen LogP contribution in [0.3, 0.4) is 0 Å². The summed E-state index contributed by atoms with van der Waals surface area (Å²) in [6.07, 6.45) is 6.29. The van der Waals surface area contributed by atoms with E-state index >= 15 is 0 Å². The molecule has 0 radical (unpaired) electrons. The summed E-state index contributed by atoms with van der Waals surface area (Å²) in [6.45, 7) is 33.5. The van der Waals surface area contributed by atoms with Gasteiger partial charge in [0.05, 0.1) is 5.69 Å². The second kappa shape index (κ2) is 12.5. The highest BCUT2D eigenvalue weighted by Crippen LogP contribution is 2.59. The van der Waals surface area contributed by atoms with Crippen molar-refractivity contribution in [3.63, 3.8) is 0 Å². The Bertz CT molecular complexity index is 2500. The number of nitrogens with zero attached hydrogens (tertiary/aromatic N) is 2. The maximum Gasteiger partial charge on any atom is 0.264 e. The molecule has 2 aliphatic carbocycles. The zero-order valence-corrected chi connectivity index (χ0v) is 38.0. The van der Waals surface area contributed by atoms with Crippen molar-refractivity contribution in [2.24, 2.45) is 16.7 Å². The highest BCUT2D eigenvalue weighted by atomic mass is 32.1. The van der Waals surface area contributed by atoms with E-state index in [0.29, 0.717) is 5.92 Å². The average Bonchev–Trinajstić information content (AvgIpc) is 3.50. The third kappa shape index (κ3) is 6.09. The summed E-state index contributed by atoms with van der Waals surface area (Å²) < 4.78 is 2.85. The minimum atomic E-state index is 0.0459. The first kappa shape index (κ1) is 38.5. The van der Waals surface area contributed by atoms with Gasteiger partial charge in [-0.2, -0.15) is 0 Å². The Morgan fingerprint density at radius 2 is 1.18 bits per heavy atom. The predicted molar refractivity (Wildman–Crippen MR) is 251 cm³/mol. The minimum absolute atomic E-state index is 0.0459. The van der Waals surface area contributed by atoms with Crippen LogP contribution in [-0.2, 0) is 16.2 Å². The van der Waals surface area contributed by atoms with E-state index in [2.05, 4.69) is 192 Å². The number of hydrogen-bond acceptors (Lipinski definition) is 3. The Morgan fingerprint density at radius 3 is 1.74 bits per heavy atom. The Labute approximate surface area is 348 Å². The molecule has 0 bridgehead atoms. The number of rotatable bonds is 2. The van der Waals surface area contributed by atoms with Crippen LogP contribution in [0.2, 0.25) is 0 Å². The summed E-state index contributed by atoms with van der Waals surface area (Å²) in [7, 11) is 0. The molecule has 0 saturated heterocycles. The molecule has 57 heavy (non-hydrogen) atoms. The van der Waals surface area contributed by atoms with E-state index < -0.39 is 0 Å². The van der Waals surface area contributed by atoms with Crippen molar-refractivity contribution < 1.29 is 0 Å². The summed E-state index contributed by atoms with van der Waals surface area (Å²) >= 11 is 2.03. The second-order valence-electron chi connectivity index (χ2n) is 22.3. The third-order valence-corrected chi connectivity index (χ3v) is 15.4. The van der Waals surface area contributed by atoms with Gasteiger partial charge in [-0.3, -0.25) is 0 Å². The molecular formula is C53H63BN2S. The van der Waals surface area contributed by atoms with Crippen LogP contribution in [0, 0.1) is 23.7 Å². The van der Waals surface area contributed by atoms with Gasteiger partial charge < -0.3 is 9.80 Å². The van der Waals surface area contributed by atoms with Crippen molar-refractivity contribution in [3.8, 4) is 0 Å². The predicted octanol–water partition coefficient (Wildman–Crippen LogP) is 14.2. The smallest absolute Gasteiger partial charge is 0.264 e. The molecule has 3 heterocycles. The molecule has 0 spiro atoms. The normalized spacial score (nSPS) is 19.9. The monoisotopic (exact) mass is 770 g/mol. The number of allylic oxidation sites excluding steroid dienone is 4. The van der Waals surface area contributed by atoms with Gasteiger partial charge in [0.15, 0.2) is 0 Å². The van der Waals surface area contributed by atoms with E-state index in [9.17, 15) is 0 Å². The van der Waals surface area contributed by atoms with Crippen LogP contribution in [0.25, 0.3) is 10.1 Å². The van der Waals surface area contributed by atoms with Gasteiger partial charge in [-0.15, -0.1) is 11.3 Å². The molecule has 9 rings (SSSR count). The largest absolute Gasteiger partial charge is 0.315 e. The first-order chi connectivity index (χ1) is 26.5. The fourth-order valence-electron chi connectivity index (χ4n) is 10.5. The number of anilines is 5. The average molecular weight is 771 g/mol. The lowest BCUT2D eigenvalue weighted by Gasteiger charge is -2.53. The van der Waals surface area contributed by atoms with E-state index in [4.69, 9.17) is 0 Å². The quantitative estimate of drug-likeness (QED) is 0.165. The van der Waals surface area contributed by atoms with E-state index in [1.165, 1.54) is 95.0 Å².